The number of nitrogens with zero attached hydrogens (tertiary/aromatic N) is 2. The summed E-state index contributed by atoms with van der Waals surface area (Å²) in [5.41, 5.74) is 7.37. The molecule has 3 aromatic carbocycles. The van der Waals surface area contributed by atoms with Gasteiger partial charge in [0.05, 0.1) is 35.7 Å². The van der Waals surface area contributed by atoms with Gasteiger partial charge in [-0.3, -0.25) is 14.6 Å². The van der Waals surface area contributed by atoms with Crippen LogP contribution in [0, 0.1) is 5.82 Å². The Morgan fingerprint density at radius 2 is 1.83 bits per heavy atom. The van der Waals surface area contributed by atoms with Crippen molar-refractivity contribution in [1.82, 2.24) is 4.90 Å². The number of rotatable bonds is 8. The molecule has 11 nitrogen and oxygen atoms in total. The fourth-order valence-electron chi connectivity index (χ4n) is 4.75. The molecule has 3 aromatic rings. The van der Waals surface area contributed by atoms with Gasteiger partial charge in [0, 0.05) is 17.8 Å². The lowest BCUT2D eigenvalue weighted by Gasteiger charge is -2.38. The summed E-state index contributed by atoms with van der Waals surface area (Å²) in [5.74, 6) is 3.40. The average molecular weight is 596 g/mol. The summed E-state index contributed by atoms with van der Waals surface area (Å²) in [5, 5.41) is 12.6. The fourth-order valence-corrected chi connectivity index (χ4v) is 4.92. The van der Waals surface area contributed by atoms with E-state index in [9.17, 15) is 23.9 Å². The number of nitrogens with two attached hydrogens (primary N) is 2. The van der Waals surface area contributed by atoms with Gasteiger partial charge in [-0.1, -0.05) is 29.8 Å². The number of benzene rings is 3. The number of hydrazine groups is 1. The van der Waals surface area contributed by atoms with E-state index in [-0.39, 0.29) is 34.6 Å². The van der Waals surface area contributed by atoms with Crippen LogP contribution in [0.2, 0.25) is 5.02 Å². The second kappa shape index (κ2) is 12.1. The number of nitrogens with one attached hydrogen (secondary N) is 1. The lowest BCUT2D eigenvalue weighted by molar-refractivity contribution is -0.136. The number of carboxylic acid groups (broad SMARTS) is 1. The van der Waals surface area contributed by atoms with E-state index in [0.29, 0.717) is 36.6 Å². The van der Waals surface area contributed by atoms with Crippen LogP contribution in [-0.4, -0.2) is 53.7 Å². The number of fused-ring (bicyclic) bond motifs is 1. The van der Waals surface area contributed by atoms with E-state index in [1.54, 1.807) is 18.2 Å². The molecule has 218 valence electrons. The minimum atomic E-state index is -1.14. The number of hydrogen-bond acceptors (Lipinski definition) is 8. The Balaban J connectivity index is 1.47. The first-order valence-electron chi connectivity index (χ1n) is 12.9. The molecule has 6 N–H and O–H groups in total. The van der Waals surface area contributed by atoms with Crippen molar-refractivity contribution in [2.24, 2.45) is 11.6 Å². The average Bonchev–Trinajstić information content (AvgIpc) is 2.95. The molecule has 0 radical (unpaired) electrons. The van der Waals surface area contributed by atoms with Crippen LogP contribution in [0.15, 0.2) is 72.6 Å². The number of ether oxygens (including phenoxy) is 2. The van der Waals surface area contributed by atoms with Crippen molar-refractivity contribution in [2.45, 2.75) is 18.6 Å². The minimum absolute atomic E-state index is 0.0509. The summed E-state index contributed by atoms with van der Waals surface area (Å²) in [6.07, 6.45) is 1.31. The molecular formula is C29H27ClFN5O6. The zero-order valence-corrected chi connectivity index (χ0v) is 22.9. The highest BCUT2D eigenvalue weighted by atomic mass is 35.5. The standard InChI is InChI=1S/C29H27ClFN5O6/c30-21-4-2-5-23(25(21)31)36(33)13-22(32)28(38)35-12-11-19-20(3-1-6-24(19)42-18-14-41-15-18)26(35)27(37)34-17-9-7-16(8-10-17)29(39)40/h1-10,13,18,26H,11-12,14-15,32-33H2,(H,34,37)(H,39,40)/b22-13-. The van der Waals surface area contributed by atoms with Crippen LogP contribution in [0.3, 0.4) is 0 Å². The number of anilines is 2. The molecule has 0 spiro atoms. The molecule has 5 rings (SSSR count). The van der Waals surface area contributed by atoms with Gasteiger partial charge in [-0.25, -0.2) is 15.0 Å². The van der Waals surface area contributed by atoms with E-state index >= 15 is 0 Å². The smallest absolute Gasteiger partial charge is 0.335 e. The molecule has 1 unspecified atom stereocenters. The van der Waals surface area contributed by atoms with Gasteiger partial charge in [0.25, 0.3) is 11.8 Å². The highest BCUT2D eigenvalue weighted by Crippen LogP contribution is 2.37. The molecule has 0 saturated carbocycles. The van der Waals surface area contributed by atoms with Crippen LogP contribution >= 0.6 is 11.6 Å². The molecule has 2 aliphatic heterocycles. The molecule has 0 aromatic heterocycles. The molecule has 13 heteroatoms. The summed E-state index contributed by atoms with van der Waals surface area (Å²) >= 11 is 5.85. The SMILES string of the molecule is N/C(=C\N(N)c1cccc(Cl)c1F)C(=O)N1CCc2c(OC3COC3)cccc2C1C(=O)Nc1ccc(C(=O)O)cc1. The molecule has 1 atom stereocenters. The van der Waals surface area contributed by atoms with Crippen molar-refractivity contribution in [1.29, 1.82) is 0 Å². The number of carbonyl (C=O) groups is 3. The predicted molar refractivity (Wildman–Crippen MR) is 152 cm³/mol. The molecule has 1 fully saturated rings. The minimum Gasteiger partial charge on any atom is -0.485 e. The third-order valence-corrected chi connectivity index (χ3v) is 7.21. The predicted octanol–water partition coefficient (Wildman–Crippen LogP) is 3.20. The fraction of sp³-hybridized carbons (Fsp3) is 0.207. The van der Waals surface area contributed by atoms with Gasteiger partial charge in [-0.2, -0.15) is 0 Å². The summed E-state index contributed by atoms with van der Waals surface area (Å²) in [7, 11) is 0. The topological polar surface area (TPSA) is 160 Å². The summed E-state index contributed by atoms with van der Waals surface area (Å²) < 4.78 is 25.8. The third kappa shape index (κ3) is 5.86. The number of carbonyl (C=O) groups excluding carboxylic acids is 2. The van der Waals surface area contributed by atoms with E-state index in [0.717, 1.165) is 16.8 Å². The first kappa shape index (κ1) is 28.9. The monoisotopic (exact) mass is 595 g/mol. The second-order valence-corrected chi connectivity index (χ2v) is 10.1. The van der Waals surface area contributed by atoms with Gasteiger partial charge in [-0.15, -0.1) is 0 Å². The Morgan fingerprint density at radius 3 is 2.50 bits per heavy atom. The van der Waals surface area contributed by atoms with Crippen LogP contribution in [0.4, 0.5) is 15.8 Å². The van der Waals surface area contributed by atoms with Crippen LogP contribution in [0.5, 0.6) is 5.75 Å². The van der Waals surface area contributed by atoms with E-state index in [4.69, 9.17) is 32.7 Å². The van der Waals surface area contributed by atoms with Gasteiger partial charge in [0.15, 0.2) is 5.82 Å². The Morgan fingerprint density at radius 1 is 1.12 bits per heavy atom. The molecule has 0 bridgehead atoms. The normalized spacial score (nSPS) is 16.7. The second-order valence-electron chi connectivity index (χ2n) is 9.69. The number of amides is 2. The van der Waals surface area contributed by atoms with Crippen molar-refractivity contribution >= 4 is 40.8 Å². The van der Waals surface area contributed by atoms with Crippen molar-refractivity contribution in [3.05, 3.63) is 100 Å². The van der Waals surface area contributed by atoms with Crippen LogP contribution < -0.4 is 26.6 Å². The van der Waals surface area contributed by atoms with Gasteiger partial charge in [0.1, 0.15) is 23.6 Å². The van der Waals surface area contributed by atoms with Gasteiger partial charge < -0.3 is 30.5 Å². The number of aromatic carboxylic acids is 1. The number of hydrogen-bond donors (Lipinski definition) is 4. The highest BCUT2D eigenvalue weighted by molar-refractivity contribution is 6.31. The largest absolute Gasteiger partial charge is 0.485 e. The van der Waals surface area contributed by atoms with E-state index in [2.05, 4.69) is 5.32 Å². The van der Waals surface area contributed by atoms with E-state index in [1.807, 2.05) is 0 Å². The van der Waals surface area contributed by atoms with Crippen molar-refractivity contribution in [2.75, 3.05) is 30.1 Å². The summed E-state index contributed by atoms with van der Waals surface area (Å²) in [6.45, 7) is 1.01. The molecule has 42 heavy (non-hydrogen) atoms. The van der Waals surface area contributed by atoms with Gasteiger partial charge in [0.2, 0.25) is 0 Å². The number of carboxylic acids is 1. The maximum absolute atomic E-state index is 14.5. The zero-order valence-electron chi connectivity index (χ0n) is 22.1. The zero-order chi connectivity index (χ0) is 30.0. The molecule has 2 heterocycles. The van der Waals surface area contributed by atoms with Crippen LogP contribution in [0.25, 0.3) is 0 Å². The molecule has 0 aliphatic carbocycles. The first-order valence-corrected chi connectivity index (χ1v) is 13.3. The van der Waals surface area contributed by atoms with Crippen molar-refractivity contribution in [3.8, 4) is 5.75 Å². The van der Waals surface area contributed by atoms with Crippen LogP contribution in [0.1, 0.15) is 27.5 Å². The maximum Gasteiger partial charge on any atom is 0.335 e. The molecular weight excluding hydrogens is 569 g/mol. The number of halogens is 2. The van der Waals surface area contributed by atoms with Crippen LogP contribution in [-0.2, 0) is 20.7 Å². The molecule has 2 aliphatic rings. The quantitative estimate of drug-likeness (QED) is 0.174. The lowest BCUT2D eigenvalue weighted by atomic mass is 9.90. The Kier molecular flexibility index (Phi) is 8.29. The Labute approximate surface area is 245 Å². The van der Waals surface area contributed by atoms with E-state index < -0.39 is 29.6 Å². The summed E-state index contributed by atoms with van der Waals surface area (Å²) in [6, 6.07) is 13.9. The summed E-state index contributed by atoms with van der Waals surface area (Å²) in [4.78, 5) is 40.0. The first-order chi connectivity index (χ1) is 20.1. The Bertz CT molecular complexity index is 1560. The lowest BCUT2D eigenvalue weighted by Crippen LogP contribution is -2.47. The van der Waals surface area contributed by atoms with Crippen molar-refractivity contribution in [3.63, 3.8) is 0 Å². The third-order valence-electron chi connectivity index (χ3n) is 6.92. The highest BCUT2D eigenvalue weighted by Gasteiger charge is 2.38. The Hall–Kier alpha value is -4.65. The van der Waals surface area contributed by atoms with Gasteiger partial charge in [-0.05, 0) is 54.4 Å². The molecule has 2 amide bonds. The van der Waals surface area contributed by atoms with Gasteiger partial charge >= 0.3 is 5.97 Å². The van der Waals surface area contributed by atoms with E-state index in [1.165, 1.54) is 47.4 Å². The maximum atomic E-state index is 14.5. The molecule has 1 saturated heterocycles. The van der Waals surface area contributed by atoms with Crippen molar-refractivity contribution < 1.29 is 33.4 Å².